The number of amides is 2. The van der Waals surface area contributed by atoms with Crippen LogP contribution in [0.3, 0.4) is 0 Å². The maximum atomic E-state index is 13.2. The number of nitrogens with zero attached hydrogens (tertiary/aromatic N) is 4. The Kier molecular flexibility index (Phi) is 7.29. The Balaban J connectivity index is 1.30. The largest absolute Gasteiger partial charge is 0.360 e. The van der Waals surface area contributed by atoms with Gasteiger partial charge in [-0.15, -0.1) is 11.8 Å². The van der Waals surface area contributed by atoms with E-state index in [1.54, 1.807) is 11.8 Å². The molecule has 3 heterocycles. The summed E-state index contributed by atoms with van der Waals surface area (Å²) in [5, 5.41) is 3.92. The minimum Gasteiger partial charge on any atom is -0.360 e. The standard InChI is InChI=1S/C23H30N4O3S/c1-18-15-19(30-24-18)17-31-21-8-4-3-7-20(21)23(29)27-13-11-25(12-14-27)16-22(28)26-9-5-2-6-10-26/h3-4,7-8,15H,2,5-6,9-14,16-17H2,1H3. The number of carbonyl (C=O) groups is 2. The van der Waals surface area contributed by atoms with Gasteiger partial charge in [-0.3, -0.25) is 14.5 Å². The molecule has 31 heavy (non-hydrogen) atoms. The number of thioether (sulfide) groups is 1. The van der Waals surface area contributed by atoms with E-state index < -0.39 is 0 Å². The number of aryl methyl sites for hydroxylation is 1. The first-order valence-corrected chi connectivity index (χ1v) is 12.0. The fraction of sp³-hybridized carbons (Fsp3) is 0.522. The van der Waals surface area contributed by atoms with E-state index in [1.807, 2.05) is 47.1 Å². The Morgan fingerprint density at radius 2 is 1.74 bits per heavy atom. The molecule has 7 nitrogen and oxygen atoms in total. The summed E-state index contributed by atoms with van der Waals surface area (Å²) in [7, 11) is 0. The molecule has 0 aliphatic carbocycles. The first-order chi connectivity index (χ1) is 15.1. The van der Waals surface area contributed by atoms with Crippen LogP contribution in [-0.2, 0) is 10.5 Å². The van der Waals surface area contributed by atoms with Gasteiger partial charge in [0.05, 0.1) is 23.6 Å². The molecule has 2 aliphatic heterocycles. The maximum Gasteiger partial charge on any atom is 0.255 e. The van der Waals surface area contributed by atoms with Crippen molar-refractivity contribution in [2.75, 3.05) is 45.8 Å². The molecule has 8 heteroatoms. The van der Waals surface area contributed by atoms with Gasteiger partial charge in [0.2, 0.25) is 5.91 Å². The highest BCUT2D eigenvalue weighted by atomic mass is 32.2. The fourth-order valence-electron chi connectivity index (χ4n) is 4.12. The lowest BCUT2D eigenvalue weighted by Crippen LogP contribution is -2.52. The molecule has 0 atom stereocenters. The quantitative estimate of drug-likeness (QED) is 0.641. The van der Waals surface area contributed by atoms with Crippen molar-refractivity contribution in [3.05, 3.63) is 47.3 Å². The molecule has 0 saturated carbocycles. The van der Waals surface area contributed by atoms with E-state index in [2.05, 4.69) is 10.1 Å². The van der Waals surface area contributed by atoms with Gasteiger partial charge in [-0.1, -0.05) is 17.3 Å². The molecule has 1 aromatic heterocycles. The van der Waals surface area contributed by atoms with Crippen LogP contribution >= 0.6 is 11.8 Å². The van der Waals surface area contributed by atoms with Crippen LogP contribution < -0.4 is 0 Å². The molecule has 2 saturated heterocycles. The number of benzene rings is 1. The zero-order valence-electron chi connectivity index (χ0n) is 18.1. The smallest absolute Gasteiger partial charge is 0.255 e. The van der Waals surface area contributed by atoms with Crippen molar-refractivity contribution in [3.63, 3.8) is 0 Å². The molecular weight excluding hydrogens is 412 g/mol. The third-order valence-corrected chi connectivity index (χ3v) is 6.99. The van der Waals surface area contributed by atoms with E-state index in [0.717, 1.165) is 60.9 Å². The molecule has 0 radical (unpaired) electrons. The Hall–Kier alpha value is -2.32. The van der Waals surface area contributed by atoms with Gasteiger partial charge in [-0.2, -0.15) is 0 Å². The van der Waals surface area contributed by atoms with Crippen molar-refractivity contribution in [1.29, 1.82) is 0 Å². The second kappa shape index (κ2) is 10.3. The van der Waals surface area contributed by atoms with E-state index in [9.17, 15) is 9.59 Å². The van der Waals surface area contributed by atoms with Crippen molar-refractivity contribution in [2.24, 2.45) is 0 Å². The van der Waals surface area contributed by atoms with Crippen LogP contribution in [0, 0.1) is 6.92 Å². The van der Waals surface area contributed by atoms with Gasteiger partial charge >= 0.3 is 0 Å². The van der Waals surface area contributed by atoms with E-state index in [4.69, 9.17) is 4.52 Å². The minimum atomic E-state index is 0.0545. The van der Waals surface area contributed by atoms with Gasteiger partial charge in [-0.25, -0.2) is 0 Å². The summed E-state index contributed by atoms with van der Waals surface area (Å²) in [6.07, 6.45) is 3.45. The lowest BCUT2D eigenvalue weighted by molar-refractivity contribution is -0.133. The lowest BCUT2D eigenvalue weighted by Gasteiger charge is -2.36. The summed E-state index contributed by atoms with van der Waals surface area (Å²) in [4.78, 5) is 32.7. The van der Waals surface area contributed by atoms with Gasteiger partial charge in [0.15, 0.2) is 0 Å². The second-order valence-corrected chi connectivity index (χ2v) is 9.25. The number of piperidine rings is 1. The number of carbonyl (C=O) groups excluding carboxylic acids is 2. The number of piperazine rings is 1. The van der Waals surface area contributed by atoms with Crippen LogP contribution in [0.1, 0.15) is 41.1 Å². The highest BCUT2D eigenvalue weighted by Crippen LogP contribution is 2.27. The number of aromatic nitrogens is 1. The highest BCUT2D eigenvalue weighted by molar-refractivity contribution is 7.98. The van der Waals surface area contributed by atoms with Crippen LogP contribution in [0.4, 0.5) is 0 Å². The Labute approximate surface area is 187 Å². The molecular formula is C23H30N4O3S. The molecule has 0 bridgehead atoms. The molecule has 166 valence electrons. The van der Waals surface area contributed by atoms with Gasteiger partial charge in [-0.05, 0) is 38.3 Å². The Morgan fingerprint density at radius 3 is 2.45 bits per heavy atom. The van der Waals surface area contributed by atoms with Gasteiger partial charge < -0.3 is 14.3 Å². The fourth-order valence-corrected chi connectivity index (χ4v) is 5.04. The molecule has 0 spiro atoms. The number of hydrogen-bond donors (Lipinski definition) is 0. The first-order valence-electron chi connectivity index (χ1n) is 11.0. The molecule has 4 rings (SSSR count). The molecule has 0 N–H and O–H groups in total. The predicted molar refractivity (Wildman–Crippen MR) is 120 cm³/mol. The van der Waals surface area contributed by atoms with E-state index in [0.29, 0.717) is 25.4 Å². The topological polar surface area (TPSA) is 69.9 Å². The number of rotatable bonds is 6. The summed E-state index contributed by atoms with van der Waals surface area (Å²) >= 11 is 1.59. The molecule has 2 amide bonds. The normalized spacial score (nSPS) is 17.7. The summed E-state index contributed by atoms with van der Waals surface area (Å²) in [5.41, 5.74) is 1.58. The van der Waals surface area contributed by atoms with Crippen molar-refractivity contribution < 1.29 is 14.1 Å². The molecule has 2 aliphatic rings. The summed E-state index contributed by atoms with van der Waals surface area (Å²) < 4.78 is 5.29. The SMILES string of the molecule is Cc1cc(CSc2ccccc2C(=O)N2CCN(CC(=O)N3CCCCC3)CC2)on1. The van der Waals surface area contributed by atoms with Crippen molar-refractivity contribution in [3.8, 4) is 0 Å². The number of hydrogen-bond acceptors (Lipinski definition) is 6. The van der Waals surface area contributed by atoms with Crippen molar-refractivity contribution in [2.45, 2.75) is 36.8 Å². The Morgan fingerprint density at radius 1 is 1.00 bits per heavy atom. The third-order valence-electron chi connectivity index (χ3n) is 5.89. The van der Waals surface area contributed by atoms with E-state index in [-0.39, 0.29) is 11.8 Å². The second-order valence-electron chi connectivity index (χ2n) is 8.23. The van der Waals surface area contributed by atoms with Crippen molar-refractivity contribution in [1.82, 2.24) is 19.9 Å². The molecule has 1 aromatic carbocycles. The third kappa shape index (κ3) is 5.68. The first kappa shape index (κ1) is 21.9. The summed E-state index contributed by atoms with van der Waals surface area (Å²) in [6, 6.07) is 9.65. The van der Waals surface area contributed by atoms with Crippen molar-refractivity contribution >= 4 is 23.6 Å². The molecule has 2 aromatic rings. The summed E-state index contributed by atoms with van der Waals surface area (Å²) in [6.45, 7) is 6.90. The van der Waals surface area contributed by atoms with Crippen LogP contribution in [0.25, 0.3) is 0 Å². The van der Waals surface area contributed by atoms with Crippen LogP contribution in [-0.4, -0.2) is 77.5 Å². The van der Waals surface area contributed by atoms with Gasteiger partial charge in [0.1, 0.15) is 5.76 Å². The van der Waals surface area contributed by atoms with Crippen LogP contribution in [0.5, 0.6) is 0 Å². The highest BCUT2D eigenvalue weighted by Gasteiger charge is 2.26. The lowest BCUT2D eigenvalue weighted by atomic mass is 10.1. The van der Waals surface area contributed by atoms with Gasteiger partial charge in [0.25, 0.3) is 5.91 Å². The predicted octanol–water partition coefficient (Wildman–Crippen LogP) is 3.05. The van der Waals surface area contributed by atoms with E-state index in [1.165, 1.54) is 6.42 Å². The molecule has 0 unspecified atom stereocenters. The van der Waals surface area contributed by atoms with Crippen LogP contribution in [0.2, 0.25) is 0 Å². The van der Waals surface area contributed by atoms with Gasteiger partial charge in [0, 0.05) is 50.2 Å². The average Bonchev–Trinajstić information content (AvgIpc) is 3.23. The van der Waals surface area contributed by atoms with Crippen LogP contribution in [0.15, 0.2) is 39.8 Å². The summed E-state index contributed by atoms with van der Waals surface area (Å²) in [5.74, 6) is 1.72. The zero-order chi connectivity index (χ0) is 21.6. The zero-order valence-corrected chi connectivity index (χ0v) is 18.9. The Bertz CT molecular complexity index is 902. The maximum absolute atomic E-state index is 13.2. The monoisotopic (exact) mass is 442 g/mol. The minimum absolute atomic E-state index is 0.0545. The molecule has 2 fully saturated rings. The van der Waals surface area contributed by atoms with E-state index >= 15 is 0 Å². The number of likely N-dealkylation sites (tertiary alicyclic amines) is 1. The average molecular weight is 443 g/mol.